The first-order valence-corrected chi connectivity index (χ1v) is 19.7. The van der Waals surface area contributed by atoms with Gasteiger partial charge in [0, 0.05) is 27.3 Å². The van der Waals surface area contributed by atoms with Crippen LogP contribution in [-0.2, 0) is 34.3 Å². The highest BCUT2D eigenvalue weighted by molar-refractivity contribution is 7.89. The maximum atomic E-state index is 15.7. The van der Waals surface area contributed by atoms with Gasteiger partial charge in [-0.15, -0.1) is 6.58 Å². The number of hydrogen-bond donors (Lipinski definition) is 0. The van der Waals surface area contributed by atoms with Gasteiger partial charge >= 0.3 is 13.2 Å². The molecule has 0 aromatic heterocycles. The Morgan fingerprint density at radius 1 is 1.21 bits per heavy atom. The van der Waals surface area contributed by atoms with E-state index in [0.717, 1.165) is 15.2 Å². The molecule has 1 saturated heterocycles. The Morgan fingerprint density at radius 2 is 1.79 bits per heavy atom. The number of rotatable bonds is 8. The minimum Gasteiger partial charge on any atom is -0.443 e. The minimum absolute atomic E-state index is 0.0484. The second-order valence-corrected chi connectivity index (χ2v) is 22.0. The summed E-state index contributed by atoms with van der Waals surface area (Å²) in [6, 6.07) is 5.07. The van der Waals surface area contributed by atoms with Crippen molar-refractivity contribution in [1.82, 2.24) is 9.21 Å². The number of carbonyl (C=O) groups is 1. The Balaban J connectivity index is 2.14. The largest absolute Gasteiger partial charge is 0.494 e. The van der Waals surface area contributed by atoms with E-state index in [0.29, 0.717) is 12.1 Å². The van der Waals surface area contributed by atoms with Gasteiger partial charge in [-0.25, -0.2) is 31.8 Å². The average molecular weight is 640 g/mol. The minimum atomic E-state index is -4.14. The molecule has 1 aromatic rings. The molecule has 1 aromatic carbocycles. The lowest BCUT2D eigenvalue weighted by Gasteiger charge is -2.40. The predicted molar refractivity (Wildman–Crippen MR) is 170 cm³/mol. The van der Waals surface area contributed by atoms with Gasteiger partial charge in [-0.2, -0.15) is 0 Å². The summed E-state index contributed by atoms with van der Waals surface area (Å²) < 4.78 is 67.6. The second kappa shape index (κ2) is 11.9. The molecule has 240 valence electrons. The fourth-order valence-electron chi connectivity index (χ4n) is 4.41. The topological polar surface area (TPSA) is 107 Å². The quantitative estimate of drug-likeness (QED) is 0.176. The smallest absolute Gasteiger partial charge is 0.443 e. The summed E-state index contributed by atoms with van der Waals surface area (Å²) in [6.45, 7) is 23.2. The van der Waals surface area contributed by atoms with Crippen LogP contribution in [0.1, 0.15) is 54.0 Å². The van der Waals surface area contributed by atoms with Crippen LogP contribution < -0.4 is 5.46 Å². The number of amides is 1. The number of guanidine groups is 1. The molecule has 10 nitrogen and oxygen atoms in total. The molecule has 43 heavy (non-hydrogen) atoms. The van der Waals surface area contributed by atoms with Crippen molar-refractivity contribution in [3.63, 3.8) is 0 Å². The van der Waals surface area contributed by atoms with Gasteiger partial charge in [0.15, 0.2) is 0 Å². The normalized spacial score (nSPS) is 23.1. The predicted octanol–water partition coefficient (Wildman–Crippen LogP) is 4.69. The van der Waals surface area contributed by atoms with Crippen LogP contribution in [0.3, 0.4) is 0 Å². The van der Waals surface area contributed by atoms with Gasteiger partial charge in [-0.1, -0.05) is 37.8 Å². The highest BCUT2D eigenvalue weighted by Crippen LogP contribution is 2.39. The molecule has 2 aliphatic rings. The van der Waals surface area contributed by atoms with Gasteiger partial charge < -0.3 is 18.8 Å². The van der Waals surface area contributed by atoms with Crippen LogP contribution in [-0.4, -0.2) is 87.8 Å². The van der Waals surface area contributed by atoms with Gasteiger partial charge in [0.05, 0.1) is 11.2 Å². The molecule has 1 fully saturated rings. The van der Waals surface area contributed by atoms with Crippen LogP contribution in [0, 0.1) is 5.82 Å². The summed E-state index contributed by atoms with van der Waals surface area (Å²) in [5.41, 5.74) is -3.53. The molecule has 1 atom stereocenters. The molecule has 1 amide bonds. The summed E-state index contributed by atoms with van der Waals surface area (Å²) >= 11 is 0. The molecule has 0 N–H and O–H groups in total. The standard InChI is InChI=1S/C29H47BFN3O7SSi/c1-13-29(22-18-21(14-15-23(22)31)30-40-27(5,6)28(7,8)41-30)19-42(36,37)33(9)24(32-29)34(25(35)39-26(2,3)4)20-38-16-17-43(10,11)12/h13-15,18H,1,16-17,19-20H2,2-12H3/t29-/m0/s1. The first-order chi connectivity index (χ1) is 19.4. The third-order valence-electron chi connectivity index (χ3n) is 7.79. The third kappa shape index (κ3) is 7.88. The number of ether oxygens (including phenoxy) is 2. The van der Waals surface area contributed by atoms with Gasteiger partial charge in [0.25, 0.3) is 0 Å². The van der Waals surface area contributed by atoms with E-state index in [1.54, 1.807) is 20.8 Å². The Labute approximate surface area is 257 Å². The summed E-state index contributed by atoms with van der Waals surface area (Å²) in [5, 5.41) is 0. The lowest BCUT2D eigenvalue weighted by atomic mass is 9.76. The van der Waals surface area contributed by atoms with Gasteiger partial charge in [-0.05, 0) is 66.0 Å². The molecule has 0 unspecified atom stereocenters. The maximum absolute atomic E-state index is 15.7. The number of nitrogens with zero attached hydrogens (tertiary/aromatic N) is 3. The average Bonchev–Trinajstić information content (AvgIpc) is 3.06. The number of benzene rings is 1. The van der Waals surface area contributed by atoms with E-state index in [2.05, 4.69) is 26.2 Å². The third-order valence-corrected chi connectivity index (χ3v) is 11.3. The van der Waals surface area contributed by atoms with E-state index in [-0.39, 0.29) is 18.3 Å². The van der Waals surface area contributed by atoms with Crippen LogP contribution in [0.5, 0.6) is 0 Å². The zero-order valence-electron chi connectivity index (χ0n) is 27.4. The van der Waals surface area contributed by atoms with Crippen LogP contribution in [0.15, 0.2) is 35.8 Å². The highest BCUT2D eigenvalue weighted by Gasteiger charge is 2.53. The molecule has 2 aliphatic heterocycles. The fourth-order valence-corrected chi connectivity index (χ4v) is 6.64. The highest BCUT2D eigenvalue weighted by atomic mass is 32.2. The number of carbonyl (C=O) groups excluding carboxylic acids is 1. The summed E-state index contributed by atoms with van der Waals surface area (Å²) in [7, 11) is -5.13. The molecular formula is C29H47BFN3O7SSi. The van der Waals surface area contributed by atoms with Crippen molar-refractivity contribution in [2.24, 2.45) is 4.99 Å². The molecule has 0 bridgehead atoms. The number of sulfonamides is 1. The Morgan fingerprint density at radius 3 is 2.30 bits per heavy atom. The first-order valence-electron chi connectivity index (χ1n) is 14.4. The molecule has 0 aliphatic carbocycles. The van der Waals surface area contributed by atoms with E-state index in [1.807, 2.05) is 27.7 Å². The van der Waals surface area contributed by atoms with E-state index in [1.165, 1.54) is 31.3 Å². The van der Waals surface area contributed by atoms with Gasteiger partial charge in [-0.3, -0.25) is 0 Å². The molecule has 3 rings (SSSR count). The number of halogens is 1. The SMILES string of the molecule is C=C[C@@]1(c2cc(B3OC(C)(C)C(C)(C)O3)ccc2F)CS(=O)(=O)N(C)C(N(COCC[Si](C)(C)C)C(=O)OC(C)(C)C)=N1. The zero-order chi connectivity index (χ0) is 32.8. The van der Waals surface area contributed by atoms with E-state index < -0.39 is 65.2 Å². The lowest BCUT2D eigenvalue weighted by molar-refractivity contribution is 0.00578. The zero-order valence-corrected chi connectivity index (χ0v) is 29.2. The van der Waals surface area contributed by atoms with E-state index >= 15 is 4.39 Å². The van der Waals surface area contributed by atoms with Crippen molar-refractivity contribution < 1.29 is 36.4 Å². The van der Waals surface area contributed by atoms with Crippen molar-refractivity contribution >= 4 is 42.7 Å². The summed E-state index contributed by atoms with van der Waals surface area (Å²) in [6.07, 6.45) is 0.427. The van der Waals surface area contributed by atoms with Crippen molar-refractivity contribution in [2.45, 2.75) is 96.5 Å². The van der Waals surface area contributed by atoms with Crippen molar-refractivity contribution in [3.05, 3.63) is 42.2 Å². The van der Waals surface area contributed by atoms with Crippen LogP contribution in [0.2, 0.25) is 25.7 Å². The molecule has 0 radical (unpaired) electrons. The number of hydrogen-bond acceptors (Lipinski definition) is 8. The van der Waals surface area contributed by atoms with Crippen LogP contribution in [0.25, 0.3) is 0 Å². The van der Waals surface area contributed by atoms with Gasteiger partial charge in [0.1, 0.15) is 29.4 Å². The van der Waals surface area contributed by atoms with Gasteiger partial charge in [0.2, 0.25) is 16.0 Å². The first kappa shape index (κ1) is 35.2. The number of aliphatic imine (C=N–C) groups is 1. The molecule has 0 spiro atoms. The van der Waals surface area contributed by atoms with E-state index in [4.69, 9.17) is 23.8 Å². The molecular weight excluding hydrogens is 592 g/mol. The second-order valence-electron chi connectivity index (χ2n) is 14.3. The van der Waals surface area contributed by atoms with Crippen molar-refractivity contribution in [2.75, 3.05) is 26.1 Å². The Hall–Kier alpha value is -2.26. The fraction of sp³-hybridized carbons (Fsp3) is 0.655. The Kier molecular flexibility index (Phi) is 9.76. The summed E-state index contributed by atoms with van der Waals surface area (Å²) in [4.78, 5) is 19.2. The molecule has 2 heterocycles. The van der Waals surface area contributed by atoms with Crippen molar-refractivity contribution in [1.29, 1.82) is 0 Å². The lowest BCUT2D eigenvalue weighted by Crippen LogP contribution is -2.56. The molecule has 14 heteroatoms. The Bertz CT molecular complexity index is 1360. The van der Waals surface area contributed by atoms with Crippen molar-refractivity contribution in [3.8, 4) is 0 Å². The summed E-state index contributed by atoms with van der Waals surface area (Å²) in [5.74, 6) is -1.58. The monoisotopic (exact) mass is 639 g/mol. The van der Waals surface area contributed by atoms with Crippen LogP contribution >= 0.6 is 0 Å². The maximum Gasteiger partial charge on any atom is 0.494 e. The van der Waals surface area contributed by atoms with E-state index in [9.17, 15) is 13.2 Å². The van der Waals surface area contributed by atoms with Crippen LogP contribution in [0.4, 0.5) is 9.18 Å². The molecule has 0 saturated carbocycles.